The molecule has 0 spiro atoms. The molecule has 9 nitrogen and oxygen atoms in total. The number of morpholine rings is 1. The highest BCUT2D eigenvalue weighted by Crippen LogP contribution is 2.28. The van der Waals surface area contributed by atoms with E-state index in [1.54, 1.807) is 30.3 Å². The van der Waals surface area contributed by atoms with E-state index in [1.165, 1.54) is 24.0 Å². The van der Waals surface area contributed by atoms with Crippen molar-refractivity contribution in [1.29, 1.82) is 0 Å². The van der Waals surface area contributed by atoms with Crippen molar-refractivity contribution < 1.29 is 28.7 Å². The van der Waals surface area contributed by atoms with E-state index in [0.717, 1.165) is 23.6 Å². The molecule has 0 radical (unpaired) electrons. The third-order valence-corrected chi connectivity index (χ3v) is 6.14. The molecule has 2 aromatic rings. The Balaban J connectivity index is 1.57. The van der Waals surface area contributed by atoms with Gasteiger partial charge in [-0.25, -0.2) is 4.90 Å². The van der Waals surface area contributed by atoms with Crippen LogP contribution < -0.4 is 9.64 Å². The Bertz CT molecular complexity index is 1110. The third-order valence-electron chi connectivity index (χ3n) is 6.14. The van der Waals surface area contributed by atoms with E-state index >= 15 is 0 Å². The number of rotatable bonds is 7. The Morgan fingerprint density at radius 1 is 1.09 bits per heavy atom. The number of carbonyl (C=O) groups excluding carboxylic acids is 4. The van der Waals surface area contributed by atoms with Crippen molar-refractivity contribution in [3.05, 3.63) is 59.7 Å². The summed E-state index contributed by atoms with van der Waals surface area (Å²) in [7, 11) is 0. The van der Waals surface area contributed by atoms with Gasteiger partial charge in [0.15, 0.2) is 0 Å². The monoisotopic (exact) mass is 479 g/mol. The number of hydrogen-bond acceptors (Lipinski definition) is 7. The van der Waals surface area contributed by atoms with Crippen molar-refractivity contribution in [3.8, 4) is 5.75 Å². The zero-order valence-corrected chi connectivity index (χ0v) is 19.9. The summed E-state index contributed by atoms with van der Waals surface area (Å²) >= 11 is 0. The van der Waals surface area contributed by atoms with Crippen molar-refractivity contribution >= 4 is 29.4 Å². The molecule has 0 aliphatic carbocycles. The SMILES string of the molecule is CC(=O)Oc1ccc(N2C(=O)CC(N(CCN3CCOCC3)C(=O)c3cccc(C)c3)C2=O)cc1. The molecule has 9 heteroatoms. The second-order valence-corrected chi connectivity index (χ2v) is 8.70. The zero-order valence-electron chi connectivity index (χ0n) is 19.9. The van der Waals surface area contributed by atoms with Crippen LogP contribution in [0.5, 0.6) is 5.75 Å². The number of amides is 3. The van der Waals surface area contributed by atoms with Gasteiger partial charge in [0, 0.05) is 38.7 Å². The van der Waals surface area contributed by atoms with Crippen LogP contribution in [-0.4, -0.2) is 78.9 Å². The standard InChI is InChI=1S/C26H29N3O6/c1-18-4-3-5-20(16-18)25(32)28(11-10-27-12-14-34-15-13-27)23-17-24(31)29(26(23)33)21-6-8-22(9-7-21)35-19(2)30/h3-9,16,23H,10-15,17H2,1-2H3. The molecular formula is C26H29N3O6. The summed E-state index contributed by atoms with van der Waals surface area (Å²) in [5.74, 6) is -1.25. The second-order valence-electron chi connectivity index (χ2n) is 8.70. The van der Waals surface area contributed by atoms with Crippen LogP contribution in [0.15, 0.2) is 48.5 Å². The zero-order chi connectivity index (χ0) is 24.9. The van der Waals surface area contributed by atoms with E-state index in [0.29, 0.717) is 43.3 Å². The Hall–Kier alpha value is -3.56. The number of hydrogen-bond donors (Lipinski definition) is 0. The summed E-state index contributed by atoms with van der Waals surface area (Å²) in [4.78, 5) is 55.9. The molecular weight excluding hydrogens is 450 g/mol. The van der Waals surface area contributed by atoms with Crippen molar-refractivity contribution in [2.45, 2.75) is 26.3 Å². The quantitative estimate of drug-likeness (QED) is 0.341. The molecule has 1 atom stereocenters. The topological polar surface area (TPSA) is 96.5 Å². The number of imide groups is 1. The molecule has 2 heterocycles. The summed E-state index contributed by atoms with van der Waals surface area (Å²) in [6, 6.07) is 12.5. The van der Waals surface area contributed by atoms with Gasteiger partial charge in [-0.3, -0.25) is 24.1 Å². The highest BCUT2D eigenvalue weighted by molar-refractivity contribution is 6.23. The number of benzene rings is 2. The molecule has 2 aliphatic heterocycles. The molecule has 0 saturated carbocycles. The van der Waals surface area contributed by atoms with Gasteiger partial charge in [0.25, 0.3) is 11.8 Å². The highest BCUT2D eigenvalue weighted by Gasteiger charge is 2.44. The lowest BCUT2D eigenvalue weighted by Crippen LogP contribution is -2.49. The van der Waals surface area contributed by atoms with Crippen molar-refractivity contribution in [2.75, 3.05) is 44.3 Å². The Kier molecular flexibility index (Phi) is 7.57. The second kappa shape index (κ2) is 10.8. The van der Waals surface area contributed by atoms with E-state index in [2.05, 4.69) is 4.90 Å². The maximum atomic E-state index is 13.6. The van der Waals surface area contributed by atoms with Gasteiger partial charge >= 0.3 is 5.97 Å². The van der Waals surface area contributed by atoms with Crippen LogP contribution in [0.4, 0.5) is 5.69 Å². The van der Waals surface area contributed by atoms with Crippen LogP contribution in [0.2, 0.25) is 0 Å². The van der Waals surface area contributed by atoms with Crippen LogP contribution in [0.1, 0.15) is 29.3 Å². The number of ether oxygens (including phenoxy) is 2. The molecule has 35 heavy (non-hydrogen) atoms. The molecule has 2 aromatic carbocycles. The summed E-state index contributed by atoms with van der Waals surface area (Å²) in [5, 5.41) is 0. The molecule has 2 saturated heterocycles. The van der Waals surface area contributed by atoms with Crippen molar-refractivity contribution in [3.63, 3.8) is 0 Å². The van der Waals surface area contributed by atoms with Gasteiger partial charge in [0.2, 0.25) is 5.91 Å². The Morgan fingerprint density at radius 3 is 2.46 bits per heavy atom. The lowest BCUT2D eigenvalue weighted by atomic mass is 10.1. The van der Waals surface area contributed by atoms with Crippen LogP contribution in [0.25, 0.3) is 0 Å². The number of esters is 1. The maximum Gasteiger partial charge on any atom is 0.308 e. The van der Waals surface area contributed by atoms with Gasteiger partial charge in [-0.05, 0) is 43.3 Å². The average molecular weight is 480 g/mol. The number of aryl methyl sites for hydroxylation is 1. The van der Waals surface area contributed by atoms with Crippen LogP contribution in [-0.2, 0) is 19.1 Å². The lowest BCUT2D eigenvalue weighted by molar-refractivity contribution is -0.132. The fraction of sp³-hybridized carbons (Fsp3) is 0.385. The molecule has 2 aliphatic rings. The summed E-state index contributed by atoms with van der Waals surface area (Å²) < 4.78 is 10.4. The van der Waals surface area contributed by atoms with Gasteiger partial charge < -0.3 is 14.4 Å². The normalized spacial score (nSPS) is 18.6. The van der Waals surface area contributed by atoms with Crippen LogP contribution in [0, 0.1) is 6.92 Å². The molecule has 2 fully saturated rings. The van der Waals surface area contributed by atoms with E-state index < -0.39 is 17.9 Å². The first kappa shape index (κ1) is 24.6. The average Bonchev–Trinajstić information content (AvgIpc) is 3.13. The first-order valence-corrected chi connectivity index (χ1v) is 11.7. The molecule has 184 valence electrons. The van der Waals surface area contributed by atoms with Gasteiger partial charge in [-0.1, -0.05) is 17.7 Å². The summed E-state index contributed by atoms with van der Waals surface area (Å²) in [5.41, 5.74) is 1.79. The minimum Gasteiger partial charge on any atom is -0.427 e. The molecule has 1 unspecified atom stereocenters. The maximum absolute atomic E-state index is 13.6. The minimum atomic E-state index is -0.898. The van der Waals surface area contributed by atoms with Gasteiger partial charge in [0.05, 0.1) is 25.3 Å². The number of nitrogens with zero attached hydrogens (tertiary/aromatic N) is 3. The van der Waals surface area contributed by atoms with E-state index in [1.807, 2.05) is 13.0 Å². The minimum absolute atomic E-state index is 0.0921. The number of anilines is 1. The summed E-state index contributed by atoms with van der Waals surface area (Å²) in [6.07, 6.45) is -0.0921. The van der Waals surface area contributed by atoms with Gasteiger partial charge in [-0.15, -0.1) is 0 Å². The fourth-order valence-electron chi connectivity index (χ4n) is 4.38. The molecule has 0 N–H and O–H groups in total. The van der Waals surface area contributed by atoms with Crippen molar-refractivity contribution in [2.24, 2.45) is 0 Å². The smallest absolute Gasteiger partial charge is 0.308 e. The van der Waals surface area contributed by atoms with Crippen molar-refractivity contribution in [1.82, 2.24) is 9.80 Å². The predicted molar refractivity (Wildman–Crippen MR) is 128 cm³/mol. The van der Waals surface area contributed by atoms with E-state index in [-0.39, 0.29) is 18.2 Å². The molecule has 4 rings (SSSR count). The third kappa shape index (κ3) is 5.75. The van der Waals surface area contributed by atoms with Gasteiger partial charge in [-0.2, -0.15) is 0 Å². The first-order valence-electron chi connectivity index (χ1n) is 11.7. The largest absolute Gasteiger partial charge is 0.427 e. The van der Waals surface area contributed by atoms with Crippen LogP contribution in [0.3, 0.4) is 0 Å². The molecule has 0 bridgehead atoms. The Labute approximate surface area is 204 Å². The van der Waals surface area contributed by atoms with Gasteiger partial charge in [0.1, 0.15) is 11.8 Å². The predicted octanol–water partition coefficient (Wildman–Crippen LogP) is 2.03. The molecule has 0 aromatic heterocycles. The van der Waals surface area contributed by atoms with Crippen LogP contribution >= 0.6 is 0 Å². The van der Waals surface area contributed by atoms with E-state index in [9.17, 15) is 19.2 Å². The highest BCUT2D eigenvalue weighted by atomic mass is 16.5. The Morgan fingerprint density at radius 2 is 1.80 bits per heavy atom. The first-order chi connectivity index (χ1) is 16.8. The van der Waals surface area contributed by atoms with E-state index in [4.69, 9.17) is 9.47 Å². The lowest BCUT2D eigenvalue weighted by Gasteiger charge is -2.32. The summed E-state index contributed by atoms with van der Waals surface area (Å²) in [6.45, 7) is 6.86. The molecule has 3 amide bonds. The number of carbonyl (C=O) groups is 4. The fourth-order valence-corrected chi connectivity index (χ4v) is 4.38.